The van der Waals surface area contributed by atoms with Crippen LogP contribution in [0, 0.1) is 11.8 Å². The van der Waals surface area contributed by atoms with Crippen LogP contribution in [0.25, 0.3) is 0 Å². The summed E-state index contributed by atoms with van der Waals surface area (Å²) in [6, 6.07) is 0.490. The monoisotopic (exact) mass is 305 g/mol. The maximum atomic E-state index is 11.8. The minimum absolute atomic E-state index is 0.197. The molecule has 2 fully saturated rings. The number of rotatable bonds is 6. The van der Waals surface area contributed by atoms with Crippen LogP contribution in [0.4, 0.5) is 0 Å². The van der Waals surface area contributed by atoms with Gasteiger partial charge in [0.15, 0.2) is 0 Å². The number of nitrogens with two attached hydrogens (primary N) is 1. The Hall–Kier alpha value is -1.36. The largest absolute Gasteiger partial charge is 0.481 e. The van der Waals surface area contributed by atoms with Crippen molar-refractivity contribution in [1.29, 1.82) is 0 Å². The van der Waals surface area contributed by atoms with E-state index < -0.39 is 11.4 Å². The number of aliphatic carboxylic acids is 1. The Morgan fingerprint density at radius 3 is 2.82 bits per heavy atom. The van der Waals surface area contributed by atoms with Gasteiger partial charge < -0.3 is 15.4 Å². The maximum absolute atomic E-state index is 11.8. The molecule has 5 nitrogen and oxygen atoms in total. The van der Waals surface area contributed by atoms with Crippen LogP contribution in [0.3, 0.4) is 0 Å². The standard InChI is InChI=1S/C17H27N3O2/c1-12-4-6-14(7-5-12)20-10-15(19-11-20)17(16(21)22)9-13(17)3-2-8-18/h10-14H,2-9,18H2,1H3,(H,21,22). The predicted molar refractivity (Wildman–Crippen MR) is 84.6 cm³/mol. The lowest BCUT2D eigenvalue weighted by molar-refractivity contribution is -0.140. The average molecular weight is 305 g/mol. The molecule has 22 heavy (non-hydrogen) atoms. The highest BCUT2D eigenvalue weighted by molar-refractivity contribution is 5.85. The van der Waals surface area contributed by atoms with Gasteiger partial charge in [0.05, 0.1) is 12.0 Å². The van der Waals surface area contributed by atoms with Gasteiger partial charge in [-0.25, -0.2) is 4.98 Å². The Bertz CT molecular complexity index is 534. The Morgan fingerprint density at radius 1 is 1.45 bits per heavy atom. The SMILES string of the molecule is CC1CCC(n2cnc(C3(C(=O)O)CC3CCCN)c2)CC1. The summed E-state index contributed by atoms with van der Waals surface area (Å²) in [4.78, 5) is 16.3. The smallest absolute Gasteiger partial charge is 0.316 e. The first-order chi connectivity index (χ1) is 10.6. The van der Waals surface area contributed by atoms with Crippen LogP contribution in [0.1, 0.15) is 63.6 Å². The lowest BCUT2D eigenvalue weighted by Gasteiger charge is -2.27. The third-order valence-corrected chi connectivity index (χ3v) is 5.71. The van der Waals surface area contributed by atoms with Gasteiger partial charge >= 0.3 is 5.97 Å². The molecule has 2 aliphatic carbocycles. The minimum Gasteiger partial charge on any atom is -0.481 e. The van der Waals surface area contributed by atoms with Gasteiger partial charge in [0.2, 0.25) is 0 Å². The van der Waals surface area contributed by atoms with Crippen molar-refractivity contribution < 1.29 is 9.90 Å². The first kappa shape index (κ1) is 15.5. The van der Waals surface area contributed by atoms with Crippen molar-refractivity contribution in [3.05, 3.63) is 18.2 Å². The number of hydrogen-bond acceptors (Lipinski definition) is 3. The molecule has 0 amide bonds. The lowest BCUT2D eigenvalue weighted by Crippen LogP contribution is -2.23. The zero-order valence-electron chi connectivity index (χ0n) is 13.4. The second kappa shape index (κ2) is 6.03. The number of carbonyl (C=O) groups is 1. The molecule has 2 aliphatic rings. The van der Waals surface area contributed by atoms with Gasteiger partial charge in [-0.2, -0.15) is 0 Å². The maximum Gasteiger partial charge on any atom is 0.316 e. The fraction of sp³-hybridized carbons (Fsp3) is 0.765. The number of carboxylic acids is 1. The van der Waals surface area contributed by atoms with Gasteiger partial charge in [-0.15, -0.1) is 0 Å². The van der Waals surface area contributed by atoms with Crippen molar-refractivity contribution in [2.45, 2.75) is 63.3 Å². The van der Waals surface area contributed by atoms with Crippen LogP contribution >= 0.6 is 0 Å². The van der Waals surface area contributed by atoms with Gasteiger partial charge in [0, 0.05) is 12.2 Å². The molecule has 0 saturated heterocycles. The Kier molecular flexibility index (Phi) is 4.26. The Labute approximate surface area is 131 Å². The van der Waals surface area contributed by atoms with Crippen LogP contribution in [0.5, 0.6) is 0 Å². The van der Waals surface area contributed by atoms with Gasteiger partial charge in [-0.1, -0.05) is 6.92 Å². The second-order valence-electron chi connectivity index (χ2n) is 7.23. The summed E-state index contributed by atoms with van der Waals surface area (Å²) in [5, 5.41) is 9.70. The van der Waals surface area contributed by atoms with E-state index >= 15 is 0 Å². The second-order valence-corrected chi connectivity index (χ2v) is 7.23. The molecular formula is C17H27N3O2. The fourth-order valence-electron chi connectivity index (χ4n) is 4.04. The quantitative estimate of drug-likeness (QED) is 0.846. The Balaban J connectivity index is 1.73. The van der Waals surface area contributed by atoms with Crippen LogP contribution in [-0.2, 0) is 10.2 Å². The summed E-state index contributed by atoms with van der Waals surface area (Å²) in [6.07, 6.45) is 11.2. The van der Waals surface area contributed by atoms with E-state index in [4.69, 9.17) is 5.73 Å². The molecule has 0 aromatic carbocycles. The molecule has 1 aromatic heterocycles. The first-order valence-electron chi connectivity index (χ1n) is 8.55. The van der Waals surface area contributed by atoms with Crippen molar-refractivity contribution in [3.63, 3.8) is 0 Å². The van der Waals surface area contributed by atoms with Gasteiger partial charge in [0.25, 0.3) is 0 Å². The molecule has 0 aliphatic heterocycles. The van der Waals surface area contributed by atoms with Gasteiger partial charge in [-0.3, -0.25) is 4.79 Å². The molecular weight excluding hydrogens is 278 g/mol. The molecule has 1 heterocycles. The van der Waals surface area contributed by atoms with Crippen molar-refractivity contribution in [1.82, 2.24) is 9.55 Å². The Morgan fingerprint density at radius 2 is 2.18 bits per heavy atom. The molecule has 0 radical (unpaired) electrons. The molecule has 3 N–H and O–H groups in total. The number of nitrogens with zero attached hydrogens (tertiary/aromatic N) is 2. The van der Waals surface area contributed by atoms with E-state index in [9.17, 15) is 9.90 Å². The summed E-state index contributed by atoms with van der Waals surface area (Å²) in [5.74, 6) is 0.286. The highest BCUT2D eigenvalue weighted by Crippen LogP contribution is 2.56. The third kappa shape index (κ3) is 2.67. The van der Waals surface area contributed by atoms with Crippen LogP contribution in [0.2, 0.25) is 0 Å². The zero-order chi connectivity index (χ0) is 15.7. The topological polar surface area (TPSA) is 81.1 Å². The molecule has 3 rings (SSSR count). The summed E-state index contributed by atoms with van der Waals surface area (Å²) in [6.45, 7) is 2.93. The predicted octanol–water partition coefficient (Wildman–Crippen LogP) is 2.72. The summed E-state index contributed by atoms with van der Waals surface area (Å²) in [5.41, 5.74) is 5.56. The number of aromatic nitrogens is 2. The molecule has 0 bridgehead atoms. The van der Waals surface area contributed by atoms with E-state index in [-0.39, 0.29) is 5.92 Å². The molecule has 5 heteroatoms. The van der Waals surface area contributed by atoms with E-state index in [1.165, 1.54) is 25.7 Å². The van der Waals surface area contributed by atoms with E-state index in [0.717, 1.165) is 24.5 Å². The zero-order valence-corrected chi connectivity index (χ0v) is 13.4. The molecule has 1 aromatic rings. The lowest BCUT2D eigenvalue weighted by atomic mass is 9.87. The average Bonchev–Trinajstić information content (AvgIpc) is 3.04. The van der Waals surface area contributed by atoms with Crippen molar-refractivity contribution in [3.8, 4) is 0 Å². The van der Waals surface area contributed by atoms with Crippen LogP contribution < -0.4 is 5.73 Å². The van der Waals surface area contributed by atoms with Gasteiger partial charge in [-0.05, 0) is 63.3 Å². The highest BCUT2D eigenvalue weighted by atomic mass is 16.4. The van der Waals surface area contributed by atoms with Crippen molar-refractivity contribution in [2.75, 3.05) is 6.54 Å². The van der Waals surface area contributed by atoms with E-state index in [0.29, 0.717) is 19.0 Å². The summed E-state index contributed by atoms with van der Waals surface area (Å²) < 4.78 is 2.16. The molecule has 2 unspecified atom stereocenters. The molecule has 2 saturated carbocycles. The molecule has 0 spiro atoms. The summed E-state index contributed by atoms with van der Waals surface area (Å²) in [7, 11) is 0. The van der Waals surface area contributed by atoms with E-state index in [1.54, 1.807) is 0 Å². The number of carboxylic acid groups (broad SMARTS) is 1. The first-order valence-corrected chi connectivity index (χ1v) is 8.55. The van der Waals surface area contributed by atoms with Crippen LogP contribution in [-0.4, -0.2) is 27.2 Å². The van der Waals surface area contributed by atoms with E-state index in [2.05, 4.69) is 16.5 Å². The van der Waals surface area contributed by atoms with Gasteiger partial charge in [0.1, 0.15) is 5.41 Å². The third-order valence-electron chi connectivity index (χ3n) is 5.71. The van der Waals surface area contributed by atoms with E-state index in [1.807, 2.05) is 12.5 Å². The summed E-state index contributed by atoms with van der Waals surface area (Å²) >= 11 is 0. The molecule has 2 atom stereocenters. The number of imidazole rings is 1. The van der Waals surface area contributed by atoms with Crippen LogP contribution in [0.15, 0.2) is 12.5 Å². The highest BCUT2D eigenvalue weighted by Gasteiger charge is 2.62. The van der Waals surface area contributed by atoms with Crippen molar-refractivity contribution in [2.24, 2.45) is 17.6 Å². The van der Waals surface area contributed by atoms with Crippen molar-refractivity contribution >= 4 is 5.97 Å². The number of hydrogen-bond donors (Lipinski definition) is 2. The normalized spacial score (nSPS) is 34.5. The minimum atomic E-state index is -0.748. The fourth-order valence-corrected chi connectivity index (χ4v) is 4.04. The molecule has 122 valence electrons.